The van der Waals surface area contributed by atoms with Gasteiger partial charge >= 0.3 is 0 Å². The van der Waals surface area contributed by atoms with Gasteiger partial charge in [-0.05, 0) is 32.9 Å². The third kappa shape index (κ3) is 5.21. The summed E-state index contributed by atoms with van der Waals surface area (Å²) in [6.07, 6.45) is 1.64. The molecule has 0 aliphatic carbocycles. The Morgan fingerprint density at radius 1 is 1.21 bits per heavy atom. The summed E-state index contributed by atoms with van der Waals surface area (Å²) in [4.78, 5) is 28.9. The largest absolute Gasteiger partial charge is 0.342 e. The molecule has 2 aromatic heterocycles. The van der Waals surface area contributed by atoms with Crippen molar-refractivity contribution < 1.29 is 9.59 Å². The lowest BCUT2D eigenvalue weighted by Crippen LogP contribution is -2.28. The van der Waals surface area contributed by atoms with Gasteiger partial charge in [-0.2, -0.15) is 0 Å². The van der Waals surface area contributed by atoms with E-state index in [0.29, 0.717) is 28.2 Å². The summed E-state index contributed by atoms with van der Waals surface area (Å²) in [6, 6.07) is 8.70. The first-order valence-corrected chi connectivity index (χ1v) is 10.9. The minimum Gasteiger partial charge on any atom is -0.342 e. The first-order chi connectivity index (χ1) is 14.0. The minimum atomic E-state index is -0.379. The zero-order valence-corrected chi connectivity index (χ0v) is 18.0. The number of nitrogens with one attached hydrogen (secondary N) is 2. The molecular formula is C19H22N6O2S2. The van der Waals surface area contributed by atoms with Crippen LogP contribution >= 0.6 is 23.1 Å². The van der Waals surface area contributed by atoms with E-state index < -0.39 is 0 Å². The zero-order chi connectivity index (χ0) is 20.8. The monoisotopic (exact) mass is 430 g/mol. The Balaban J connectivity index is 1.67. The van der Waals surface area contributed by atoms with E-state index in [0.717, 1.165) is 0 Å². The quantitative estimate of drug-likeness (QED) is 0.531. The van der Waals surface area contributed by atoms with Crippen molar-refractivity contribution in [2.24, 2.45) is 0 Å². The second kappa shape index (κ2) is 9.66. The summed E-state index contributed by atoms with van der Waals surface area (Å²) in [5, 5.41) is 16.9. The van der Waals surface area contributed by atoms with Gasteiger partial charge in [0, 0.05) is 23.7 Å². The van der Waals surface area contributed by atoms with E-state index in [1.807, 2.05) is 43.5 Å². The highest BCUT2D eigenvalue weighted by molar-refractivity contribution is 8.00. The molecule has 2 N–H and O–H groups in total. The first kappa shape index (κ1) is 21.0. The third-order valence-electron chi connectivity index (χ3n) is 4.15. The predicted molar refractivity (Wildman–Crippen MR) is 114 cm³/mol. The molecule has 29 heavy (non-hydrogen) atoms. The van der Waals surface area contributed by atoms with E-state index in [-0.39, 0.29) is 23.1 Å². The van der Waals surface area contributed by atoms with Crippen LogP contribution < -0.4 is 10.6 Å². The van der Waals surface area contributed by atoms with E-state index in [4.69, 9.17) is 0 Å². The van der Waals surface area contributed by atoms with Gasteiger partial charge in [-0.3, -0.25) is 9.59 Å². The van der Waals surface area contributed by atoms with E-state index >= 15 is 0 Å². The lowest BCUT2D eigenvalue weighted by molar-refractivity contribution is -0.115. The topological polar surface area (TPSA) is 102 Å². The van der Waals surface area contributed by atoms with Gasteiger partial charge in [0.25, 0.3) is 5.91 Å². The van der Waals surface area contributed by atoms with Crippen LogP contribution in [0.2, 0.25) is 0 Å². The average Bonchev–Trinajstić information content (AvgIpc) is 3.38. The SMILES string of the molecule is CCn1c(S[C@@H](C)C(=O)Nc2nccs2)nnc1[C@H](C)NC(=O)c1ccccc1. The Labute approximate surface area is 177 Å². The number of carbonyl (C=O) groups excluding carboxylic acids is 2. The maximum Gasteiger partial charge on any atom is 0.251 e. The van der Waals surface area contributed by atoms with Crippen molar-refractivity contribution in [3.05, 3.63) is 53.3 Å². The number of benzene rings is 1. The van der Waals surface area contributed by atoms with Crippen molar-refractivity contribution in [2.75, 3.05) is 5.32 Å². The van der Waals surface area contributed by atoms with Crippen LogP contribution in [0.5, 0.6) is 0 Å². The zero-order valence-electron chi connectivity index (χ0n) is 16.3. The van der Waals surface area contributed by atoms with Crippen LogP contribution in [0.3, 0.4) is 0 Å². The van der Waals surface area contributed by atoms with Gasteiger partial charge in [-0.15, -0.1) is 21.5 Å². The fraction of sp³-hybridized carbons (Fsp3) is 0.316. The Morgan fingerprint density at radius 2 is 1.97 bits per heavy atom. The summed E-state index contributed by atoms with van der Waals surface area (Å²) in [5.74, 6) is 0.323. The van der Waals surface area contributed by atoms with E-state index in [2.05, 4.69) is 25.8 Å². The maximum atomic E-state index is 12.4. The summed E-state index contributed by atoms with van der Waals surface area (Å²) in [7, 11) is 0. The molecule has 10 heteroatoms. The van der Waals surface area contributed by atoms with Crippen LogP contribution in [0.4, 0.5) is 5.13 Å². The standard InChI is InChI=1S/C19H22N6O2S2/c1-4-25-15(12(2)21-17(27)14-8-6-5-7-9-14)23-24-19(25)29-13(3)16(26)22-18-20-10-11-28-18/h5-13H,4H2,1-3H3,(H,21,27)(H,20,22,26)/t12-,13-/m0/s1. The number of carbonyl (C=O) groups is 2. The molecule has 0 spiro atoms. The number of anilines is 1. The molecule has 2 atom stereocenters. The second-order valence-electron chi connectivity index (χ2n) is 6.23. The van der Waals surface area contributed by atoms with Gasteiger partial charge in [-0.1, -0.05) is 30.0 Å². The van der Waals surface area contributed by atoms with Gasteiger partial charge in [0.1, 0.15) is 0 Å². The van der Waals surface area contributed by atoms with Crippen LogP contribution in [0.15, 0.2) is 47.1 Å². The lowest BCUT2D eigenvalue weighted by atomic mass is 10.2. The van der Waals surface area contributed by atoms with Crippen LogP contribution in [-0.4, -0.2) is 36.8 Å². The molecule has 0 saturated carbocycles. The minimum absolute atomic E-state index is 0.150. The molecule has 3 rings (SSSR count). The van der Waals surface area contributed by atoms with Crippen LogP contribution in [0, 0.1) is 0 Å². The summed E-state index contributed by atoms with van der Waals surface area (Å²) in [5.41, 5.74) is 0.587. The predicted octanol–water partition coefficient (Wildman–Crippen LogP) is 3.36. The Kier molecular flexibility index (Phi) is 6.99. The number of thiazole rings is 1. The number of amides is 2. The highest BCUT2D eigenvalue weighted by Gasteiger charge is 2.23. The highest BCUT2D eigenvalue weighted by atomic mass is 32.2. The van der Waals surface area contributed by atoms with Crippen molar-refractivity contribution in [2.45, 2.75) is 43.8 Å². The molecule has 0 aliphatic heterocycles. The third-order valence-corrected chi connectivity index (χ3v) is 5.92. The first-order valence-electron chi connectivity index (χ1n) is 9.15. The number of hydrogen-bond donors (Lipinski definition) is 2. The molecule has 0 aliphatic rings. The van der Waals surface area contributed by atoms with Crippen molar-refractivity contribution in [1.29, 1.82) is 0 Å². The summed E-state index contributed by atoms with van der Waals surface area (Å²) < 4.78 is 1.91. The Bertz CT molecular complexity index is 959. The van der Waals surface area contributed by atoms with Crippen LogP contribution in [0.25, 0.3) is 0 Å². The van der Waals surface area contributed by atoms with Gasteiger partial charge in [0.15, 0.2) is 16.1 Å². The molecule has 0 unspecified atom stereocenters. The highest BCUT2D eigenvalue weighted by Crippen LogP contribution is 2.25. The molecule has 0 fully saturated rings. The lowest BCUT2D eigenvalue weighted by Gasteiger charge is -2.16. The molecular weight excluding hydrogens is 408 g/mol. The maximum absolute atomic E-state index is 12.4. The van der Waals surface area contributed by atoms with Gasteiger partial charge < -0.3 is 15.2 Å². The molecule has 0 saturated heterocycles. The van der Waals surface area contributed by atoms with E-state index in [1.165, 1.54) is 23.1 Å². The fourth-order valence-corrected chi connectivity index (χ4v) is 4.09. The van der Waals surface area contributed by atoms with Gasteiger partial charge in [-0.25, -0.2) is 4.98 Å². The average molecular weight is 431 g/mol. The second-order valence-corrected chi connectivity index (χ2v) is 8.44. The van der Waals surface area contributed by atoms with Crippen molar-refractivity contribution in [3.63, 3.8) is 0 Å². The molecule has 8 nitrogen and oxygen atoms in total. The van der Waals surface area contributed by atoms with Crippen LogP contribution in [-0.2, 0) is 11.3 Å². The van der Waals surface area contributed by atoms with Gasteiger partial charge in [0.2, 0.25) is 5.91 Å². The molecule has 0 bridgehead atoms. The van der Waals surface area contributed by atoms with E-state index in [1.54, 1.807) is 23.7 Å². The molecule has 1 aromatic carbocycles. The number of rotatable bonds is 8. The van der Waals surface area contributed by atoms with E-state index in [9.17, 15) is 9.59 Å². The smallest absolute Gasteiger partial charge is 0.251 e. The summed E-state index contributed by atoms with van der Waals surface area (Å²) >= 11 is 2.69. The Morgan fingerprint density at radius 3 is 2.62 bits per heavy atom. The molecule has 2 amide bonds. The normalized spacial score (nSPS) is 12.9. The van der Waals surface area contributed by atoms with Crippen LogP contribution in [0.1, 0.15) is 43.0 Å². The molecule has 0 radical (unpaired) electrons. The molecule has 152 valence electrons. The number of hydrogen-bond acceptors (Lipinski definition) is 7. The van der Waals surface area contributed by atoms with Crippen molar-refractivity contribution in [3.8, 4) is 0 Å². The number of aromatic nitrogens is 4. The molecule has 2 heterocycles. The summed E-state index contributed by atoms with van der Waals surface area (Å²) in [6.45, 7) is 6.27. The fourth-order valence-electron chi connectivity index (χ4n) is 2.64. The van der Waals surface area contributed by atoms with Crippen molar-refractivity contribution >= 4 is 40.0 Å². The number of nitrogens with zero attached hydrogens (tertiary/aromatic N) is 4. The van der Waals surface area contributed by atoms with Gasteiger partial charge in [0.05, 0.1) is 11.3 Å². The number of thioether (sulfide) groups is 1. The Hall–Kier alpha value is -2.72. The molecule has 3 aromatic rings. The van der Waals surface area contributed by atoms with Crippen molar-refractivity contribution in [1.82, 2.24) is 25.1 Å².